The van der Waals surface area contributed by atoms with E-state index in [2.05, 4.69) is 61.9 Å². The van der Waals surface area contributed by atoms with Gasteiger partial charge in [0.2, 0.25) is 0 Å². The van der Waals surface area contributed by atoms with E-state index in [-0.39, 0.29) is 9.04 Å². The Labute approximate surface area is 88.2 Å². The van der Waals surface area contributed by atoms with Gasteiger partial charge in [0.25, 0.3) is 0 Å². The minimum atomic E-state index is -0.932. The molecule has 1 aliphatic heterocycles. The molecule has 0 radical (unpaired) electrons. The highest BCUT2D eigenvalue weighted by molar-refractivity contribution is 8.72. The third-order valence-electron chi connectivity index (χ3n) is 1.90. The van der Waals surface area contributed by atoms with Crippen molar-refractivity contribution in [3.63, 3.8) is 0 Å². The molecule has 0 nitrogen and oxygen atoms in total. The van der Waals surface area contributed by atoms with Crippen LogP contribution in [-0.2, 0) is 0 Å². The van der Waals surface area contributed by atoms with Crippen LogP contribution in [0.15, 0.2) is 0 Å². The van der Waals surface area contributed by atoms with Gasteiger partial charge in [0.05, 0.1) is 6.74 Å². The molecule has 0 N–H and O–H groups in total. The average molecular weight is 253 g/mol. The summed E-state index contributed by atoms with van der Waals surface area (Å²) in [6.07, 6.45) is -0.932. The van der Waals surface area contributed by atoms with E-state index in [0.29, 0.717) is 4.37 Å². The molecule has 1 rings (SSSR count). The third-order valence-corrected chi connectivity index (χ3v) is 37.3. The van der Waals surface area contributed by atoms with Crippen molar-refractivity contribution in [2.45, 2.75) is 44.4 Å². The Morgan fingerprint density at radius 3 is 1.92 bits per heavy atom. The largest absolute Gasteiger partial charge is 0.199 e. The van der Waals surface area contributed by atoms with Crippen LogP contribution < -0.4 is 0 Å². The van der Waals surface area contributed by atoms with Crippen molar-refractivity contribution in [2.24, 2.45) is 0 Å². The van der Waals surface area contributed by atoms with E-state index in [1.165, 1.54) is 0 Å². The minimum absolute atomic E-state index is 0.195. The summed E-state index contributed by atoms with van der Waals surface area (Å²) >= 11 is 2.35. The molecule has 0 aromatic rings. The molecule has 0 atom stereocenters. The fourth-order valence-electron chi connectivity index (χ4n) is 2.45. The Kier molecular flexibility index (Phi) is 3.03. The Morgan fingerprint density at radius 2 is 1.58 bits per heavy atom. The van der Waals surface area contributed by atoms with Crippen LogP contribution in [0.5, 0.6) is 0 Å². The summed E-state index contributed by atoms with van der Waals surface area (Å²) in [6, 6.07) is 0. The van der Waals surface area contributed by atoms with Gasteiger partial charge in [-0.3, -0.25) is 0 Å². The molecule has 1 fully saturated rings. The van der Waals surface area contributed by atoms with Crippen LogP contribution in [0, 0.1) is 0 Å². The smallest absolute Gasteiger partial charge is 0.164 e. The topological polar surface area (TPSA) is 0 Å². The first kappa shape index (κ1) is 11.4. The van der Waals surface area contributed by atoms with Crippen molar-refractivity contribution in [1.82, 2.24) is 0 Å². The molecule has 0 aromatic heterocycles. The Hall–Kier alpha value is 1.35. The number of rotatable bonds is 0. The number of hydrogen-bond acceptors (Lipinski definition) is 2. The quantitative estimate of drug-likeness (QED) is 0.608. The van der Waals surface area contributed by atoms with Gasteiger partial charge in [0, 0.05) is 9.04 Å². The molecular formula is C7H20S2Si3. The lowest BCUT2D eigenvalue weighted by Gasteiger charge is -2.46. The second-order valence-electron chi connectivity index (χ2n) is 5.30. The number of hydrogen-bond donors (Lipinski definition) is 0. The van der Waals surface area contributed by atoms with E-state index in [1.807, 2.05) is 0 Å². The van der Waals surface area contributed by atoms with E-state index in [4.69, 9.17) is 0 Å². The zero-order valence-electron chi connectivity index (χ0n) is 9.02. The molecule has 0 unspecified atom stereocenters. The van der Waals surface area contributed by atoms with E-state index < -0.39 is 13.1 Å². The Bertz CT molecular complexity index is 144. The highest BCUT2D eigenvalue weighted by atomic mass is 32.7. The van der Waals surface area contributed by atoms with Gasteiger partial charge in [-0.15, -0.1) is 0 Å². The van der Waals surface area contributed by atoms with Crippen LogP contribution in [0.2, 0.25) is 26.2 Å². The fraction of sp³-hybridized carbons (Fsp3) is 1.00. The highest BCUT2D eigenvalue weighted by Gasteiger charge is 2.46. The normalized spacial score (nSPS) is 33.5. The van der Waals surface area contributed by atoms with Crippen LogP contribution >= 0.6 is 21.9 Å². The zero-order valence-corrected chi connectivity index (χ0v) is 14.1. The van der Waals surface area contributed by atoms with E-state index in [9.17, 15) is 0 Å². The van der Waals surface area contributed by atoms with E-state index >= 15 is 0 Å². The lowest BCUT2D eigenvalue weighted by atomic mass is 10.5. The summed E-state index contributed by atoms with van der Waals surface area (Å²) in [6.45, 7) is 14.5. The molecule has 0 spiro atoms. The van der Waals surface area contributed by atoms with Gasteiger partial charge < -0.3 is 0 Å². The van der Waals surface area contributed by atoms with Gasteiger partial charge >= 0.3 is 0 Å². The lowest BCUT2D eigenvalue weighted by Crippen LogP contribution is -2.53. The van der Waals surface area contributed by atoms with E-state index in [1.54, 1.807) is 0 Å². The van der Waals surface area contributed by atoms with Crippen molar-refractivity contribution in [1.29, 1.82) is 0 Å². The molecule has 1 saturated heterocycles. The third kappa shape index (κ3) is 3.25. The standard InChI is InChI=1S/C7H20S2Si3/c1-7(2)8-11(3,4)9-12(5,6)10-7/h10H2,1-6H3. The van der Waals surface area contributed by atoms with Crippen LogP contribution in [-0.4, -0.2) is 26.5 Å². The Balaban J connectivity index is 2.81. The predicted octanol–water partition coefficient (Wildman–Crippen LogP) is 2.77. The molecule has 0 aliphatic carbocycles. The molecule has 5 heteroatoms. The maximum atomic E-state index is 2.60. The second kappa shape index (κ2) is 3.19. The van der Waals surface area contributed by atoms with Gasteiger partial charge in [-0.2, -0.15) is 21.9 Å². The van der Waals surface area contributed by atoms with Crippen molar-refractivity contribution >= 4 is 44.0 Å². The summed E-state index contributed by atoms with van der Waals surface area (Å²) in [4.78, 5) is 0. The summed E-state index contributed by atoms with van der Waals surface area (Å²) in [7, 11) is 2.65. The van der Waals surface area contributed by atoms with Gasteiger partial charge in [0.15, 0.2) is 6.37 Å². The predicted molar refractivity (Wildman–Crippen MR) is 72.8 cm³/mol. The first-order valence-electron chi connectivity index (χ1n) is 4.52. The van der Waals surface area contributed by atoms with Gasteiger partial charge in [-0.1, -0.05) is 40.0 Å². The molecule has 0 aromatic carbocycles. The molecular weight excluding hydrogens is 232 g/mol. The van der Waals surface area contributed by atoms with Crippen molar-refractivity contribution in [3.05, 3.63) is 0 Å². The first-order chi connectivity index (χ1) is 5.12. The average Bonchev–Trinajstić information content (AvgIpc) is 1.44. The van der Waals surface area contributed by atoms with Gasteiger partial charge in [0.1, 0.15) is 0 Å². The molecule has 0 amide bonds. The molecule has 0 bridgehead atoms. The minimum Gasteiger partial charge on any atom is -0.199 e. The maximum absolute atomic E-state index is 2.60. The second-order valence-corrected chi connectivity index (χ2v) is 36.9. The molecule has 1 heterocycles. The molecule has 0 saturated carbocycles. The van der Waals surface area contributed by atoms with Gasteiger partial charge in [-0.05, 0) is 4.37 Å². The van der Waals surface area contributed by atoms with Crippen LogP contribution in [0.3, 0.4) is 0 Å². The van der Waals surface area contributed by atoms with Crippen molar-refractivity contribution in [3.8, 4) is 0 Å². The summed E-state index contributed by atoms with van der Waals surface area (Å²) in [5.74, 6) is 0. The zero-order chi connectivity index (χ0) is 9.62. The summed E-state index contributed by atoms with van der Waals surface area (Å²) in [5.41, 5.74) is 0. The first-order valence-corrected chi connectivity index (χ1v) is 17.4. The maximum Gasteiger partial charge on any atom is 0.164 e. The van der Waals surface area contributed by atoms with Gasteiger partial charge in [-0.25, -0.2) is 0 Å². The Morgan fingerprint density at radius 1 is 1.08 bits per heavy atom. The molecule has 72 valence electrons. The summed E-state index contributed by atoms with van der Waals surface area (Å²) < 4.78 is 0.705. The molecule has 12 heavy (non-hydrogen) atoms. The highest BCUT2D eigenvalue weighted by Crippen LogP contribution is 2.49. The van der Waals surface area contributed by atoms with Crippen LogP contribution in [0.1, 0.15) is 13.8 Å². The van der Waals surface area contributed by atoms with E-state index in [0.717, 1.165) is 0 Å². The van der Waals surface area contributed by atoms with Crippen molar-refractivity contribution in [2.75, 3.05) is 0 Å². The van der Waals surface area contributed by atoms with Crippen LogP contribution in [0.4, 0.5) is 0 Å². The fourth-order valence-corrected chi connectivity index (χ4v) is 72.9. The van der Waals surface area contributed by atoms with Crippen LogP contribution in [0.25, 0.3) is 0 Å². The van der Waals surface area contributed by atoms with Crippen molar-refractivity contribution < 1.29 is 0 Å². The summed E-state index contributed by atoms with van der Waals surface area (Å²) in [5, 5.41) is 0. The molecule has 1 aliphatic rings. The SMILES string of the molecule is CC1(C)[SiH2][Si](C)(C)S[Si](C)(C)S1. The lowest BCUT2D eigenvalue weighted by molar-refractivity contribution is 1.01. The monoisotopic (exact) mass is 252 g/mol.